The first-order valence-corrected chi connectivity index (χ1v) is 9.17. The van der Waals surface area contributed by atoms with Crippen molar-refractivity contribution in [1.29, 1.82) is 0 Å². The van der Waals surface area contributed by atoms with Gasteiger partial charge in [0.05, 0.1) is 12.3 Å². The standard InChI is InChI=1S/C15H17O3PS/c1-10-9-20-15(11(10)2)14-13(8-18-14)19(16,17)12-6-4-3-5-7-12/h3-7,9,13-14H,8H2,1-2H3,(H,16,17). The molecule has 3 nitrogen and oxygen atoms in total. The summed E-state index contributed by atoms with van der Waals surface area (Å²) in [4.78, 5) is 11.6. The average Bonchev–Trinajstić information content (AvgIpc) is 2.70. The van der Waals surface area contributed by atoms with E-state index in [0.29, 0.717) is 11.9 Å². The lowest BCUT2D eigenvalue weighted by Gasteiger charge is -2.39. The smallest absolute Gasteiger partial charge is 0.237 e. The lowest BCUT2D eigenvalue weighted by molar-refractivity contribution is -0.0483. The lowest BCUT2D eigenvalue weighted by atomic mass is 10.1. The van der Waals surface area contributed by atoms with Gasteiger partial charge in [-0.05, 0) is 42.5 Å². The zero-order valence-corrected chi connectivity index (χ0v) is 13.2. The van der Waals surface area contributed by atoms with E-state index in [0.717, 1.165) is 4.88 Å². The van der Waals surface area contributed by atoms with Crippen molar-refractivity contribution in [3.05, 3.63) is 51.7 Å². The van der Waals surface area contributed by atoms with Crippen LogP contribution in [0.3, 0.4) is 0 Å². The second-order valence-electron chi connectivity index (χ2n) is 5.19. The van der Waals surface area contributed by atoms with E-state index in [-0.39, 0.29) is 11.8 Å². The van der Waals surface area contributed by atoms with Gasteiger partial charge in [-0.2, -0.15) is 0 Å². The quantitative estimate of drug-likeness (QED) is 0.884. The van der Waals surface area contributed by atoms with Crippen molar-refractivity contribution in [2.24, 2.45) is 0 Å². The number of rotatable bonds is 3. The van der Waals surface area contributed by atoms with Gasteiger partial charge >= 0.3 is 0 Å². The SMILES string of the molecule is Cc1csc(C2OCC2P(=O)(O)c2ccccc2)c1C. The van der Waals surface area contributed by atoms with Crippen LogP contribution in [-0.4, -0.2) is 17.2 Å². The predicted molar refractivity (Wildman–Crippen MR) is 82.2 cm³/mol. The first-order chi connectivity index (χ1) is 9.51. The monoisotopic (exact) mass is 308 g/mol. The minimum absolute atomic E-state index is 0.246. The summed E-state index contributed by atoms with van der Waals surface area (Å²) in [5, 5.41) is 2.60. The maximum atomic E-state index is 12.8. The van der Waals surface area contributed by atoms with Crippen LogP contribution in [0.25, 0.3) is 0 Å². The van der Waals surface area contributed by atoms with Crippen molar-refractivity contribution in [1.82, 2.24) is 0 Å². The van der Waals surface area contributed by atoms with Gasteiger partial charge in [0.15, 0.2) is 0 Å². The number of aryl methyl sites for hydroxylation is 1. The first kappa shape index (κ1) is 14.0. The molecule has 1 aromatic heterocycles. The molecule has 106 valence electrons. The Morgan fingerprint density at radius 2 is 2.00 bits per heavy atom. The molecule has 1 N–H and O–H groups in total. The molecule has 3 unspecified atom stereocenters. The van der Waals surface area contributed by atoms with Crippen LogP contribution in [-0.2, 0) is 9.30 Å². The summed E-state index contributed by atoms with van der Waals surface area (Å²) < 4.78 is 18.4. The molecule has 20 heavy (non-hydrogen) atoms. The van der Waals surface area contributed by atoms with Gasteiger partial charge in [0.2, 0.25) is 7.37 Å². The third-order valence-corrected chi connectivity index (χ3v) is 7.57. The Hall–Kier alpha value is -0.930. The normalized spacial score (nSPS) is 24.9. The molecule has 5 heteroatoms. The van der Waals surface area contributed by atoms with E-state index >= 15 is 0 Å². The fraction of sp³-hybridized carbons (Fsp3) is 0.333. The Morgan fingerprint density at radius 1 is 1.30 bits per heavy atom. The van der Waals surface area contributed by atoms with Crippen molar-refractivity contribution in [2.75, 3.05) is 6.61 Å². The molecule has 0 spiro atoms. The van der Waals surface area contributed by atoms with Crippen molar-refractivity contribution in [3.63, 3.8) is 0 Å². The lowest BCUT2D eigenvalue weighted by Crippen LogP contribution is -2.39. The third-order valence-electron chi connectivity index (χ3n) is 3.95. The first-order valence-electron chi connectivity index (χ1n) is 6.56. The molecular weight excluding hydrogens is 291 g/mol. The van der Waals surface area contributed by atoms with E-state index in [1.165, 1.54) is 11.1 Å². The number of hydrogen-bond donors (Lipinski definition) is 1. The Balaban J connectivity index is 1.92. The summed E-state index contributed by atoms with van der Waals surface area (Å²) in [5.74, 6) is 0. The number of benzene rings is 1. The minimum Gasteiger partial charge on any atom is -0.371 e. The molecule has 1 fully saturated rings. The summed E-state index contributed by atoms with van der Waals surface area (Å²) in [6.07, 6.45) is -0.246. The number of ether oxygens (including phenoxy) is 1. The van der Waals surface area contributed by atoms with E-state index in [1.807, 2.05) is 13.0 Å². The fourth-order valence-corrected chi connectivity index (χ4v) is 5.61. The Labute approximate surface area is 122 Å². The zero-order valence-electron chi connectivity index (χ0n) is 11.4. The highest BCUT2D eigenvalue weighted by Crippen LogP contribution is 2.57. The molecule has 1 aliphatic heterocycles. The van der Waals surface area contributed by atoms with Crippen LogP contribution in [0.15, 0.2) is 35.7 Å². The molecule has 0 radical (unpaired) electrons. The molecule has 0 aliphatic carbocycles. The molecule has 1 aromatic carbocycles. The van der Waals surface area contributed by atoms with Crippen LogP contribution in [0.1, 0.15) is 22.1 Å². The summed E-state index contributed by atoms with van der Waals surface area (Å²) in [5.41, 5.74) is 2.06. The van der Waals surface area contributed by atoms with Crippen LogP contribution in [0.2, 0.25) is 0 Å². The van der Waals surface area contributed by atoms with Crippen LogP contribution in [0.4, 0.5) is 0 Å². The van der Waals surface area contributed by atoms with Gasteiger partial charge in [-0.25, -0.2) is 0 Å². The van der Waals surface area contributed by atoms with Gasteiger partial charge in [-0.15, -0.1) is 11.3 Å². The maximum Gasteiger partial charge on any atom is 0.237 e. The van der Waals surface area contributed by atoms with Crippen LogP contribution in [0, 0.1) is 13.8 Å². The highest BCUT2D eigenvalue weighted by atomic mass is 32.1. The molecule has 1 saturated heterocycles. The van der Waals surface area contributed by atoms with Gasteiger partial charge in [0, 0.05) is 10.2 Å². The minimum atomic E-state index is -3.40. The third kappa shape index (κ3) is 2.17. The van der Waals surface area contributed by atoms with Gasteiger partial charge in [-0.1, -0.05) is 18.2 Å². The Morgan fingerprint density at radius 3 is 2.50 bits per heavy atom. The Kier molecular flexibility index (Phi) is 3.59. The summed E-state index contributed by atoms with van der Waals surface area (Å²) in [7, 11) is -3.40. The van der Waals surface area contributed by atoms with Gasteiger partial charge in [-0.3, -0.25) is 4.57 Å². The van der Waals surface area contributed by atoms with Gasteiger partial charge in [0.25, 0.3) is 0 Å². The van der Waals surface area contributed by atoms with Crippen LogP contribution >= 0.6 is 18.7 Å². The highest BCUT2D eigenvalue weighted by molar-refractivity contribution is 7.66. The van der Waals surface area contributed by atoms with Crippen LogP contribution < -0.4 is 5.30 Å². The maximum absolute atomic E-state index is 12.8. The largest absolute Gasteiger partial charge is 0.371 e. The number of hydrogen-bond acceptors (Lipinski definition) is 3. The van der Waals surface area contributed by atoms with Crippen molar-refractivity contribution < 1.29 is 14.2 Å². The molecule has 3 rings (SSSR count). The van der Waals surface area contributed by atoms with Crippen molar-refractivity contribution in [3.8, 4) is 0 Å². The van der Waals surface area contributed by atoms with Gasteiger partial charge < -0.3 is 9.63 Å². The summed E-state index contributed by atoms with van der Waals surface area (Å²) in [6.45, 7) is 4.45. The van der Waals surface area contributed by atoms with Crippen molar-refractivity contribution >= 4 is 24.0 Å². The molecule has 1 aliphatic rings. The van der Waals surface area contributed by atoms with E-state index < -0.39 is 7.37 Å². The van der Waals surface area contributed by atoms with E-state index in [9.17, 15) is 9.46 Å². The second-order valence-corrected chi connectivity index (χ2v) is 8.52. The molecule has 3 atom stereocenters. The molecular formula is C15H17O3PS. The van der Waals surface area contributed by atoms with E-state index in [1.54, 1.807) is 35.6 Å². The molecule has 2 aromatic rings. The molecule has 0 saturated carbocycles. The molecule has 0 amide bonds. The van der Waals surface area contributed by atoms with Crippen LogP contribution in [0.5, 0.6) is 0 Å². The predicted octanol–water partition coefficient (Wildman–Crippen LogP) is 3.40. The molecule has 2 heterocycles. The zero-order chi connectivity index (χ0) is 14.3. The van der Waals surface area contributed by atoms with Gasteiger partial charge in [0.1, 0.15) is 6.10 Å². The summed E-state index contributed by atoms with van der Waals surface area (Å²) in [6, 6.07) is 8.90. The highest BCUT2D eigenvalue weighted by Gasteiger charge is 2.47. The Bertz CT molecular complexity index is 665. The number of thiophene rings is 1. The second kappa shape index (κ2) is 5.12. The summed E-state index contributed by atoms with van der Waals surface area (Å²) >= 11 is 1.62. The van der Waals surface area contributed by atoms with E-state index in [4.69, 9.17) is 4.74 Å². The topological polar surface area (TPSA) is 46.5 Å². The molecule has 0 bridgehead atoms. The fourth-order valence-electron chi connectivity index (χ4n) is 2.45. The average molecular weight is 308 g/mol. The van der Waals surface area contributed by atoms with Crippen molar-refractivity contribution in [2.45, 2.75) is 25.6 Å². The van der Waals surface area contributed by atoms with E-state index in [2.05, 4.69) is 12.3 Å².